The average Bonchev–Trinajstić information content (AvgIpc) is 2.43. The number of methoxy groups -OCH3 is 1. The van der Waals surface area contributed by atoms with Crippen LogP contribution in [-0.4, -0.2) is 36.9 Å². The molecule has 6 heteroatoms. The molecule has 0 heterocycles. The quantitative estimate of drug-likeness (QED) is 0.718. The van der Waals surface area contributed by atoms with Crippen LogP contribution in [0, 0.1) is 5.92 Å². The van der Waals surface area contributed by atoms with Gasteiger partial charge in [-0.2, -0.15) is 0 Å². The van der Waals surface area contributed by atoms with Crippen molar-refractivity contribution in [3.63, 3.8) is 0 Å². The van der Waals surface area contributed by atoms with E-state index in [0.29, 0.717) is 18.7 Å². The molecule has 1 rings (SSSR count). The van der Waals surface area contributed by atoms with Crippen molar-refractivity contribution in [2.75, 3.05) is 19.0 Å². The van der Waals surface area contributed by atoms with Crippen molar-refractivity contribution in [3.05, 3.63) is 29.8 Å². The number of carboxylic acids is 1. The fraction of sp³-hybridized carbons (Fsp3) is 0.467. The van der Waals surface area contributed by atoms with Crippen molar-refractivity contribution in [1.82, 2.24) is 5.32 Å². The molecule has 0 saturated heterocycles. The second kappa shape index (κ2) is 8.26. The molecule has 3 N–H and O–H groups in total. The van der Waals surface area contributed by atoms with E-state index in [1.807, 2.05) is 18.2 Å². The van der Waals surface area contributed by atoms with Crippen molar-refractivity contribution < 1.29 is 19.4 Å². The number of hydrogen-bond donors (Lipinski definition) is 3. The first-order chi connectivity index (χ1) is 9.95. The molecule has 0 fully saturated rings. The largest absolute Gasteiger partial charge is 0.480 e. The lowest BCUT2D eigenvalue weighted by molar-refractivity contribution is -0.140. The summed E-state index contributed by atoms with van der Waals surface area (Å²) in [5.41, 5.74) is 1.59. The molecule has 0 aliphatic heterocycles. The van der Waals surface area contributed by atoms with Gasteiger partial charge in [0.2, 0.25) is 0 Å². The predicted molar refractivity (Wildman–Crippen MR) is 80.4 cm³/mol. The molecule has 1 aromatic rings. The van der Waals surface area contributed by atoms with Crippen molar-refractivity contribution >= 4 is 17.7 Å². The highest BCUT2D eigenvalue weighted by Gasteiger charge is 2.23. The molecule has 0 aliphatic rings. The SMILES string of the molecule is COCCc1ccccc1NC(=O)N[C@@H](C(=O)O)C(C)C. The van der Waals surface area contributed by atoms with Gasteiger partial charge in [-0.3, -0.25) is 0 Å². The Morgan fingerprint density at radius 3 is 2.52 bits per heavy atom. The third-order valence-electron chi connectivity index (χ3n) is 3.06. The van der Waals surface area contributed by atoms with Gasteiger partial charge in [0, 0.05) is 12.8 Å². The smallest absolute Gasteiger partial charge is 0.326 e. The van der Waals surface area contributed by atoms with E-state index in [2.05, 4.69) is 10.6 Å². The summed E-state index contributed by atoms with van der Waals surface area (Å²) in [6, 6.07) is 5.91. The Labute approximate surface area is 124 Å². The standard InChI is InChI=1S/C15H22N2O4/c1-10(2)13(14(18)19)17-15(20)16-12-7-5-4-6-11(12)8-9-21-3/h4-7,10,13H,8-9H2,1-3H3,(H,18,19)(H2,16,17,20)/t13-/m1/s1. The Morgan fingerprint density at radius 2 is 1.95 bits per heavy atom. The zero-order valence-electron chi connectivity index (χ0n) is 12.6. The minimum absolute atomic E-state index is 0.197. The number of nitrogens with one attached hydrogen (secondary N) is 2. The van der Waals surface area contributed by atoms with Crippen LogP contribution in [0.5, 0.6) is 0 Å². The van der Waals surface area contributed by atoms with E-state index in [0.717, 1.165) is 5.56 Å². The predicted octanol–water partition coefficient (Wildman–Crippen LogP) is 2.11. The monoisotopic (exact) mass is 294 g/mol. The summed E-state index contributed by atoms with van der Waals surface area (Å²) in [6.45, 7) is 4.03. The number of anilines is 1. The fourth-order valence-corrected chi connectivity index (χ4v) is 1.89. The molecule has 116 valence electrons. The Morgan fingerprint density at radius 1 is 1.29 bits per heavy atom. The molecule has 0 radical (unpaired) electrons. The lowest BCUT2D eigenvalue weighted by atomic mass is 10.1. The minimum Gasteiger partial charge on any atom is -0.480 e. The van der Waals surface area contributed by atoms with Gasteiger partial charge in [-0.15, -0.1) is 0 Å². The number of carbonyl (C=O) groups is 2. The highest BCUT2D eigenvalue weighted by Crippen LogP contribution is 2.15. The van der Waals surface area contributed by atoms with Crippen LogP contribution in [0.4, 0.5) is 10.5 Å². The molecular formula is C15H22N2O4. The zero-order chi connectivity index (χ0) is 15.8. The molecule has 6 nitrogen and oxygen atoms in total. The summed E-state index contributed by atoms with van der Waals surface area (Å²) in [5, 5.41) is 14.2. The lowest BCUT2D eigenvalue weighted by Gasteiger charge is -2.19. The van der Waals surface area contributed by atoms with Crippen LogP contribution >= 0.6 is 0 Å². The van der Waals surface area contributed by atoms with Gasteiger partial charge in [0.05, 0.1) is 6.61 Å². The van der Waals surface area contributed by atoms with Crippen LogP contribution in [0.1, 0.15) is 19.4 Å². The van der Waals surface area contributed by atoms with Gasteiger partial charge in [-0.05, 0) is 24.0 Å². The van der Waals surface area contributed by atoms with Gasteiger partial charge in [0.15, 0.2) is 0 Å². The third kappa shape index (κ3) is 5.43. The molecule has 21 heavy (non-hydrogen) atoms. The van der Waals surface area contributed by atoms with Gasteiger partial charge in [0.1, 0.15) is 6.04 Å². The maximum absolute atomic E-state index is 11.9. The van der Waals surface area contributed by atoms with Crippen molar-refractivity contribution in [2.24, 2.45) is 5.92 Å². The number of benzene rings is 1. The molecule has 0 saturated carbocycles. The van der Waals surface area contributed by atoms with E-state index in [9.17, 15) is 9.59 Å². The number of carboxylic acid groups (broad SMARTS) is 1. The number of para-hydroxylation sites is 1. The third-order valence-corrected chi connectivity index (χ3v) is 3.06. The zero-order valence-corrected chi connectivity index (χ0v) is 12.6. The minimum atomic E-state index is -1.05. The number of amides is 2. The normalized spacial score (nSPS) is 12.0. The topological polar surface area (TPSA) is 87.7 Å². The first-order valence-corrected chi connectivity index (χ1v) is 6.83. The molecule has 1 atom stereocenters. The summed E-state index contributed by atoms with van der Waals surface area (Å²) in [5.74, 6) is -1.25. The fourth-order valence-electron chi connectivity index (χ4n) is 1.89. The first-order valence-electron chi connectivity index (χ1n) is 6.83. The molecule has 0 aliphatic carbocycles. The number of hydrogen-bond acceptors (Lipinski definition) is 3. The summed E-state index contributed by atoms with van der Waals surface area (Å²) in [4.78, 5) is 23.0. The number of aliphatic carboxylic acids is 1. The highest BCUT2D eigenvalue weighted by atomic mass is 16.5. The highest BCUT2D eigenvalue weighted by molar-refractivity contribution is 5.92. The summed E-state index contributed by atoms with van der Waals surface area (Å²) >= 11 is 0. The van der Waals surface area contributed by atoms with Gasteiger partial charge in [0.25, 0.3) is 0 Å². The van der Waals surface area contributed by atoms with Gasteiger partial charge in [-0.1, -0.05) is 32.0 Å². The Balaban J connectivity index is 2.72. The molecule has 0 unspecified atom stereocenters. The Kier molecular flexibility index (Phi) is 6.68. The summed E-state index contributed by atoms with van der Waals surface area (Å²) in [6.07, 6.45) is 0.666. The molecule has 2 amide bonds. The number of ether oxygens (including phenoxy) is 1. The number of urea groups is 1. The second-order valence-corrected chi connectivity index (χ2v) is 5.06. The maximum Gasteiger partial charge on any atom is 0.326 e. The van der Waals surface area contributed by atoms with E-state index in [-0.39, 0.29) is 5.92 Å². The van der Waals surface area contributed by atoms with Crippen LogP contribution in [0.25, 0.3) is 0 Å². The first kappa shape index (κ1) is 17.0. The molecule has 0 aromatic heterocycles. The van der Waals surface area contributed by atoms with Gasteiger partial charge in [-0.25, -0.2) is 9.59 Å². The van der Waals surface area contributed by atoms with E-state index >= 15 is 0 Å². The molecule has 0 bridgehead atoms. The van der Waals surface area contributed by atoms with Crippen molar-refractivity contribution in [3.8, 4) is 0 Å². The van der Waals surface area contributed by atoms with Gasteiger partial charge < -0.3 is 20.5 Å². The van der Waals surface area contributed by atoms with Gasteiger partial charge >= 0.3 is 12.0 Å². The van der Waals surface area contributed by atoms with E-state index < -0.39 is 18.0 Å². The number of carbonyl (C=O) groups excluding carboxylic acids is 1. The van der Waals surface area contributed by atoms with Crippen LogP contribution in [0.3, 0.4) is 0 Å². The lowest BCUT2D eigenvalue weighted by Crippen LogP contribution is -2.46. The van der Waals surface area contributed by atoms with Crippen LogP contribution in [0.2, 0.25) is 0 Å². The molecule has 0 spiro atoms. The average molecular weight is 294 g/mol. The van der Waals surface area contributed by atoms with E-state index in [1.54, 1.807) is 27.0 Å². The van der Waals surface area contributed by atoms with Crippen LogP contribution < -0.4 is 10.6 Å². The van der Waals surface area contributed by atoms with Crippen LogP contribution in [0.15, 0.2) is 24.3 Å². The Bertz CT molecular complexity index is 488. The van der Waals surface area contributed by atoms with E-state index in [1.165, 1.54) is 0 Å². The van der Waals surface area contributed by atoms with E-state index in [4.69, 9.17) is 9.84 Å². The van der Waals surface area contributed by atoms with Crippen molar-refractivity contribution in [2.45, 2.75) is 26.3 Å². The van der Waals surface area contributed by atoms with Crippen LogP contribution in [-0.2, 0) is 16.0 Å². The summed E-state index contributed by atoms with van der Waals surface area (Å²) < 4.78 is 5.03. The summed E-state index contributed by atoms with van der Waals surface area (Å²) in [7, 11) is 1.61. The van der Waals surface area contributed by atoms with Crippen molar-refractivity contribution in [1.29, 1.82) is 0 Å². The maximum atomic E-state index is 11.9. The Hall–Kier alpha value is -2.08. The second-order valence-electron chi connectivity index (χ2n) is 5.06. The number of rotatable bonds is 7. The molecular weight excluding hydrogens is 272 g/mol. The molecule has 1 aromatic carbocycles.